The van der Waals surface area contributed by atoms with E-state index in [1.54, 1.807) is 0 Å². The number of benzene rings is 2. The van der Waals surface area contributed by atoms with E-state index in [1.165, 1.54) is 21.3 Å². The number of aromatic nitrogens is 1. The van der Waals surface area contributed by atoms with E-state index in [9.17, 15) is 0 Å². The molecule has 1 nitrogen and oxygen atoms in total. The maximum absolute atomic E-state index is 4.76. The Morgan fingerprint density at radius 2 is 1.56 bits per heavy atom. The van der Waals surface area contributed by atoms with Crippen LogP contribution in [0.2, 0.25) is 0 Å². The predicted octanol–water partition coefficient (Wildman–Crippen LogP) is 3.78. The quantitative estimate of drug-likeness (QED) is 0.656. The molecule has 0 aliphatic rings. The van der Waals surface area contributed by atoms with Gasteiger partial charge in [0.25, 0.3) is 0 Å². The van der Waals surface area contributed by atoms with Gasteiger partial charge in [0.1, 0.15) is 0 Å². The third kappa shape index (κ3) is 2.31. The van der Waals surface area contributed by atoms with Gasteiger partial charge in [-0.25, -0.2) is 0 Å². The van der Waals surface area contributed by atoms with Crippen LogP contribution in [0.4, 0.5) is 0 Å². The van der Waals surface area contributed by atoms with Crippen molar-refractivity contribution < 1.29 is 0 Å². The van der Waals surface area contributed by atoms with Crippen molar-refractivity contribution >= 4 is 14.5 Å². The molecule has 0 spiro atoms. The van der Waals surface area contributed by atoms with E-state index in [4.69, 9.17) is 4.98 Å². The fraction of sp³-hybridized carbons (Fsp3) is 0.0625. The Hall–Kier alpha value is -1.63. The second kappa shape index (κ2) is 4.93. The van der Waals surface area contributed by atoms with Gasteiger partial charge >= 0.3 is 113 Å². The molecule has 0 fully saturated rings. The van der Waals surface area contributed by atoms with Crippen LogP contribution in [0.15, 0.2) is 59.5 Å². The summed E-state index contributed by atoms with van der Waals surface area (Å²) in [5.41, 5.74) is 4.87. The fourth-order valence-electron chi connectivity index (χ4n) is 1.84. The van der Waals surface area contributed by atoms with Crippen LogP contribution in [-0.4, -0.2) is 19.5 Å². The van der Waals surface area contributed by atoms with E-state index in [2.05, 4.69) is 60.4 Å². The van der Waals surface area contributed by atoms with Gasteiger partial charge in [0.2, 0.25) is 0 Å². The Morgan fingerprint density at radius 3 is 2.28 bits per heavy atom. The van der Waals surface area contributed by atoms with Crippen LogP contribution in [-0.2, 0) is 0 Å². The monoisotopic (exact) mass is 299 g/mol. The summed E-state index contributed by atoms with van der Waals surface area (Å²) in [4.78, 5) is 7.03. The molecule has 3 aromatic rings. The molecule has 2 heteroatoms. The zero-order valence-electron chi connectivity index (χ0n) is 10.1. The van der Waals surface area contributed by atoms with Crippen molar-refractivity contribution in [2.45, 2.75) is 6.92 Å². The van der Waals surface area contributed by atoms with E-state index in [0.717, 1.165) is 5.69 Å². The molecule has 0 saturated heterocycles. The van der Waals surface area contributed by atoms with Gasteiger partial charge in [0.15, 0.2) is 0 Å². The topological polar surface area (TPSA) is 12.9 Å². The minimum atomic E-state index is 0.348. The van der Waals surface area contributed by atoms with Crippen LogP contribution in [0.5, 0.6) is 0 Å². The van der Waals surface area contributed by atoms with Crippen LogP contribution < -0.4 is 0 Å². The van der Waals surface area contributed by atoms with Crippen LogP contribution in [0.25, 0.3) is 21.4 Å². The molecule has 0 radical (unpaired) electrons. The average Bonchev–Trinajstić information content (AvgIpc) is 2.90. The molecule has 0 bridgehead atoms. The number of nitrogens with zero attached hydrogens (tertiary/aromatic N) is 1. The first-order valence-electron chi connectivity index (χ1n) is 5.91. The molecule has 2 aromatic carbocycles. The first-order valence-corrected chi connectivity index (χ1v) is 7.75. The van der Waals surface area contributed by atoms with Gasteiger partial charge < -0.3 is 0 Å². The summed E-state index contributed by atoms with van der Waals surface area (Å²) < 4.78 is 1.22. The first-order chi connectivity index (χ1) is 8.83. The Labute approximate surface area is 113 Å². The van der Waals surface area contributed by atoms with Gasteiger partial charge in [0.05, 0.1) is 0 Å². The molecule has 0 unspecified atom stereocenters. The molecule has 1 heterocycles. The Morgan fingerprint density at radius 1 is 0.833 bits per heavy atom. The zero-order chi connectivity index (χ0) is 12.4. The van der Waals surface area contributed by atoms with Gasteiger partial charge in [-0.3, -0.25) is 0 Å². The van der Waals surface area contributed by atoms with E-state index >= 15 is 0 Å². The fourth-order valence-corrected chi connectivity index (χ4v) is 3.60. The third-order valence-corrected chi connectivity index (χ3v) is 4.74. The van der Waals surface area contributed by atoms with E-state index in [0.29, 0.717) is 14.5 Å². The molecular weight excluding hydrogens is 285 g/mol. The van der Waals surface area contributed by atoms with Crippen LogP contribution >= 0.6 is 0 Å². The standard InChI is InChI=1S/C16H13NSe/c1-12-7-9-14(10-8-12)16-17-15(11-18-16)13-5-3-2-4-6-13/h2-11H,1H3. The van der Waals surface area contributed by atoms with Gasteiger partial charge in [-0.1, -0.05) is 0 Å². The summed E-state index contributed by atoms with van der Waals surface area (Å²) in [7, 11) is 0. The summed E-state index contributed by atoms with van der Waals surface area (Å²) in [5, 5.41) is 0. The summed E-state index contributed by atoms with van der Waals surface area (Å²) in [6, 6.07) is 19.0. The van der Waals surface area contributed by atoms with Crippen molar-refractivity contribution in [1.82, 2.24) is 4.98 Å². The number of rotatable bonds is 2. The van der Waals surface area contributed by atoms with Crippen molar-refractivity contribution in [3.05, 3.63) is 65.1 Å². The molecule has 3 rings (SSSR count). The summed E-state index contributed by atoms with van der Waals surface area (Å²) in [5.74, 6) is 0. The van der Waals surface area contributed by atoms with Crippen molar-refractivity contribution in [3.8, 4) is 21.4 Å². The molecule has 1 aromatic heterocycles. The number of aryl methyl sites for hydroxylation is 1. The van der Waals surface area contributed by atoms with Crippen LogP contribution in [0, 0.1) is 6.92 Å². The molecule has 0 amide bonds. The zero-order valence-corrected chi connectivity index (χ0v) is 11.8. The Bertz CT molecular complexity index is 638. The predicted molar refractivity (Wildman–Crippen MR) is 76.8 cm³/mol. The number of hydrogen-bond acceptors (Lipinski definition) is 1. The van der Waals surface area contributed by atoms with Crippen LogP contribution in [0.3, 0.4) is 0 Å². The number of hydrogen-bond donors (Lipinski definition) is 0. The summed E-state index contributed by atoms with van der Waals surface area (Å²) in [6.45, 7) is 2.11. The van der Waals surface area contributed by atoms with Gasteiger partial charge in [-0.15, -0.1) is 0 Å². The minimum absolute atomic E-state index is 0.348. The molecule has 0 atom stereocenters. The van der Waals surface area contributed by atoms with Crippen molar-refractivity contribution in [3.63, 3.8) is 0 Å². The molecule has 0 aliphatic carbocycles. The molecule has 0 saturated carbocycles. The van der Waals surface area contributed by atoms with E-state index < -0.39 is 0 Å². The summed E-state index contributed by atoms with van der Waals surface area (Å²) >= 11 is 0.348. The van der Waals surface area contributed by atoms with Crippen molar-refractivity contribution in [1.29, 1.82) is 0 Å². The van der Waals surface area contributed by atoms with Crippen molar-refractivity contribution in [2.75, 3.05) is 0 Å². The Kier molecular flexibility index (Phi) is 3.14. The third-order valence-electron chi connectivity index (χ3n) is 2.87. The van der Waals surface area contributed by atoms with Gasteiger partial charge in [0, 0.05) is 0 Å². The Balaban J connectivity index is 1.97. The summed E-state index contributed by atoms with van der Waals surface area (Å²) in [6.07, 6.45) is 0. The molecular formula is C16H13NSe. The van der Waals surface area contributed by atoms with E-state index in [-0.39, 0.29) is 0 Å². The average molecular weight is 298 g/mol. The van der Waals surface area contributed by atoms with Gasteiger partial charge in [-0.2, -0.15) is 0 Å². The SMILES string of the molecule is Cc1ccc(-c2nc(-c3ccccc3)c[se]2)cc1. The maximum atomic E-state index is 4.76. The van der Waals surface area contributed by atoms with E-state index in [1.807, 2.05) is 6.07 Å². The van der Waals surface area contributed by atoms with Gasteiger partial charge in [-0.05, 0) is 0 Å². The molecule has 88 valence electrons. The van der Waals surface area contributed by atoms with Crippen LogP contribution in [0.1, 0.15) is 5.56 Å². The molecule has 18 heavy (non-hydrogen) atoms. The first kappa shape index (κ1) is 11.5. The second-order valence-electron chi connectivity index (χ2n) is 4.27. The normalized spacial score (nSPS) is 10.5. The molecule has 0 aliphatic heterocycles. The second-order valence-corrected chi connectivity index (χ2v) is 6.07. The molecule has 0 N–H and O–H groups in total. The van der Waals surface area contributed by atoms with Crippen molar-refractivity contribution in [2.24, 2.45) is 0 Å².